The van der Waals surface area contributed by atoms with E-state index in [1.54, 1.807) is 16.9 Å². The number of hydrogen-bond acceptors (Lipinski definition) is 5. The lowest BCUT2D eigenvalue weighted by atomic mass is 10.0. The van der Waals surface area contributed by atoms with Crippen molar-refractivity contribution in [1.82, 2.24) is 25.3 Å². The van der Waals surface area contributed by atoms with Crippen molar-refractivity contribution in [2.45, 2.75) is 71.1 Å². The molecule has 1 aliphatic rings. The number of aromatic amines is 1. The number of anilines is 1. The summed E-state index contributed by atoms with van der Waals surface area (Å²) in [6, 6.07) is 3.59. The normalized spacial score (nSPS) is 19.0. The molecule has 0 saturated heterocycles. The summed E-state index contributed by atoms with van der Waals surface area (Å²) in [4.78, 5) is 24.2. The van der Waals surface area contributed by atoms with Crippen molar-refractivity contribution in [3.8, 4) is 0 Å². The van der Waals surface area contributed by atoms with E-state index in [0.29, 0.717) is 18.1 Å². The molecule has 2 amide bonds. The van der Waals surface area contributed by atoms with Crippen LogP contribution in [0.25, 0.3) is 0 Å². The number of aromatic nitrogens is 4. The Morgan fingerprint density at radius 2 is 2.21 bits per heavy atom. The number of carbonyl (C=O) groups excluding carboxylic acids is 2. The Morgan fingerprint density at radius 1 is 1.39 bits per heavy atom. The van der Waals surface area contributed by atoms with Crippen molar-refractivity contribution in [2.24, 2.45) is 0 Å². The van der Waals surface area contributed by atoms with Crippen LogP contribution in [0.4, 0.5) is 10.6 Å². The monoisotopic (exact) mass is 388 g/mol. The second-order valence-corrected chi connectivity index (χ2v) is 7.44. The van der Waals surface area contributed by atoms with E-state index >= 15 is 0 Å². The van der Waals surface area contributed by atoms with Crippen molar-refractivity contribution >= 4 is 17.8 Å². The molecule has 1 fully saturated rings. The van der Waals surface area contributed by atoms with Gasteiger partial charge in [0.15, 0.2) is 5.82 Å². The zero-order valence-corrected chi connectivity index (χ0v) is 16.6. The fourth-order valence-corrected chi connectivity index (χ4v) is 3.46. The highest BCUT2D eigenvalue weighted by Gasteiger charge is 2.30. The van der Waals surface area contributed by atoms with E-state index in [2.05, 4.69) is 25.9 Å². The lowest BCUT2D eigenvalue weighted by molar-refractivity contribution is 0.0979. The lowest BCUT2D eigenvalue weighted by Gasteiger charge is -2.14. The zero-order valence-electron chi connectivity index (χ0n) is 16.6. The molecule has 1 aliphatic carbocycles. The summed E-state index contributed by atoms with van der Waals surface area (Å²) in [5.74, 6) is 0.466. The quantitative estimate of drug-likeness (QED) is 0.674. The highest BCUT2D eigenvalue weighted by molar-refractivity contribution is 6.02. The predicted octanol–water partition coefficient (Wildman–Crippen LogP) is 3.04. The smallest absolute Gasteiger partial charge is 0.407 e. The first-order chi connectivity index (χ1) is 13.5. The van der Waals surface area contributed by atoms with E-state index in [-0.39, 0.29) is 30.1 Å². The third kappa shape index (κ3) is 4.90. The van der Waals surface area contributed by atoms with Crippen LogP contribution in [0, 0.1) is 0 Å². The fraction of sp³-hybridized carbons (Fsp3) is 0.579. The second-order valence-electron chi connectivity index (χ2n) is 7.44. The number of carbonyl (C=O) groups is 2. The van der Waals surface area contributed by atoms with Gasteiger partial charge < -0.3 is 15.4 Å². The summed E-state index contributed by atoms with van der Waals surface area (Å²) in [6.45, 7) is 6.52. The van der Waals surface area contributed by atoms with E-state index in [1.807, 2.05) is 26.8 Å². The number of amides is 2. The Balaban J connectivity index is 1.55. The average Bonchev–Trinajstić information content (AvgIpc) is 3.34. The van der Waals surface area contributed by atoms with E-state index in [1.165, 1.54) is 0 Å². The summed E-state index contributed by atoms with van der Waals surface area (Å²) in [5.41, 5.74) is 1.45. The Labute approximate surface area is 164 Å². The fourth-order valence-electron chi connectivity index (χ4n) is 3.46. The molecule has 2 atom stereocenters. The van der Waals surface area contributed by atoms with Crippen LogP contribution >= 0.6 is 0 Å². The van der Waals surface area contributed by atoms with Crippen LogP contribution in [0.2, 0.25) is 0 Å². The van der Waals surface area contributed by atoms with Gasteiger partial charge in [-0.05, 0) is 45.6 Å². The van der Waals surface area contributed by atoms with Gasteiger partial charge in [-0.25, -0.2) is 4.79 Å². The molecule has 9 nitrogen and oxygen atoms in total. The van der Waals surface area contributed by atoms with Crippen LogP contribution < -0.4 is 10.6 Å². The standard InChI is InChI=1S/C19H28N6O3/c1-4-9-25-16(7-8-20-25)18(26)22-17-11-15(23-24-17)13-5-6-14(10-13)28-19(27)21-12(2)3/h7-8,11-14H,4-6,9-10H2,1-3H3,(H,21,27)(H2,22,23,24,26)/t13-,14+/m1/s1. The summed E-state index contributed by atoms with van der Waals surface area (Å²) < 4.78 is 7.15. The van der Waals surface area contributed by atoms with Gasteiger partial charge in [0.1, 0.15) is 11.8 Å². The van der Waals surface area contributed by atoms with Crippen LogP contribution in [0.3, 0.4) is 0 Å². The van der Waals surface area contributed by atoms with Crippen LogP contribution in [-0.2, 0) is 11.3 Å². The molecule has 0 spiro atoms. The highest BCUT2D eigenvalue weighted by Crippen LogP contribution is 2.35. The van der Waals surface area contributed by atoms with Gasteiger partial charge in [-0.2, -0.15) is 10.2 Å². The minimum atomic E-state index is -0.373. The van der Waals surface area contributed by atoms with Gasteiger partial charge >= 0.3 is 6.09 Å². The highest BCUT2D eigenvalue weighted by atomic mass is 16.6. The minimum Gasteiger partial charge on any atom is -0.446 e. The maximum Gasteiger partial charge on any atom is 0.407 e. The first-order valence-electron chi connectivity index (χ1n) is 9.81. The van der Waals surface area contributed by atoms with E-state index in [0.717, 1.165) is 31.4 Å². The summed E-state index contributed by atoms with van der Waals surface area (Å²) >= 11 is 0. The molecule has 9 heteroatoms. The van der Waals surface area contributed by atoms with Crippen molar-refractivity contribution < 1.29 is 14.3 Å². The molecule has 1 saturated carbocycles. The molecule has 3 rings (SSSR count). The first kappa shape index (κ1) is 19.9. The van der Waals surface area contributed by atoms with Gasteiger partial charge in [-0.1, -0.05) is 6.92 Å². The number of ether oxygens (including phenoxy) is 1. The minimum absolute atomic E-state index is 0.0529. The summed E-state index contributed by atoms with van der Waals surface area (Å²) in [7, 11) is 0. The van der Waals surface area contributed by atoms with E-state index in [4.69, 9.17) is 4.74 Å². The number of nitrogens with one attached hydrogen (secondary N) is 3. The average molecular weight is 388 g/mol. The molecular weight excluding hydrogens is 360 g/mol. The van der Waals surface area contributed by atoms with Gasteiger partial charge in [0.25, 0.3) is 5.91 Å². The molecule has 28 heavy (non-hydrogen) atoms. The van der Waals surface area contributed by atoms with Crippen LogP contribution in [0.5, 0.6) is 0 Å². The van der Waals surface area contributed by atoms with Crippen LogP contribution in [-0.4, -0.2) is 44.1 Å². The van der Waals surface area contributed by atoms with Crippen molar-refractivity contribution in [1.29, 1.82) is 0 Å². The molecule has 152 valence electrons. The van der Waals surface area contributed by atoms with Crippen LogP contribution in [0.1, 0.15) is 68.6 Å². The molecule has 2 aromatic rings. The molecule has 0 unspecified atom stereocenters. The number of nitrogens with zero attached hydrogens (tertiary/aromatic N) is 3. The first-order valence-corrected chi connectivity index (χ1v) is 9.81. The van der Waals surface area contributed by atoms with Gasteiger partial charge in [0.2, 0.25) is 0 Å². The Hall–Kier alpha value is -2.84. The van der Waals surface area contributed by atoms with E-state index in [9.17, 15) is 9.59 Å². The third-order valence-corrected chi connectivity index (χ3v) is 4.73. The second kappa shape index (κ2) is 8.90. The predicted molar refractivity (Wildman–Crippen MR) is 104 cm³/mol. The SMILES string of the molecule is CCCn1nccc1C(=O)Nc1cc([C@@H]2CC[C@H](OC(=O)NC(C)C)C2)[nH]n1. The molecule has 0 radical (unpaired) electrons. The third-order valence-electron chi connectivity index (χ3n) is 4.73. The van der Waals surface area contributed by atoms with Gasteiger partial charge in [-0.3, -0.25) is 14.6 Å². The topological polar surface area (TPSA) is 114 Å². The van der Waals surface area contributed by atoms with Gasteiger partial charge in [-0.15, -0.1) is 0 Å². The number of hydrogen-bond donors (Lipinski definition) is 3. The van der Waals surface area contributed by atoms with E-state index < -0.39 is 0 Å². The largest absolute Gasteiger partial charge is 0.446 e. The van der Waals surface area contributed by atoms with Gasteiger partial charge in [0.05, 0.1) is 0 Å². The molecule has 0 bridgehead atoms. The maximum absolute atomic E-state index is 12.5. The molecule has 3 N–H and O–H groups in total. The number of aryl methyl sites for hydroxylation is 1. The molecule has 0 aromatic carbocycles. The van der Waals surface area contributed by atoms with Crippen molar-refractivity contribution in [2.75, 3.05) is 5.32 Å². The zero-order chi connectivity index (χ0) is 20.1. The number of rotatable bonds is 7. The number of H-pyrrole nitrogens is 1. The summed E-state index contributed by atoms with van der Waals surface area (Å²) in [5, 5.41) is 16.9. The molecule has 2 heterocycles. The molecule has 0 aliphatic heterocycles. The summed E-state index contributed by atoms with van der Waals surface area (Å²) in [6.07, 6.45) is 4.49. The Bertz CT molecular complexity index is 812. The number of alkyl carbamates (subject to hydrolysis) is 1. The maximum atomic E-state index is 12.5. The van der Waals surface area contributed by atoms with Crippen molar-refractivity contribution in [3.05, 3.63) is 29.7 Å². The Morgan fingerprint density at radius 3 is 2.96 bits per heavy atom. The molecular formula is C19H28N6O3. The lowest BCUT2D eigenvalue weighted by Crippen LogP contribution is -2.33. The Kier molecular flexibility index (Phi) is 6.33. The van der Waals surface area contributed by atoms with Crippen molar-refractivity contribution in [3.63, 3.8) is 0 Å². The van der Waals surface area contributed by atoms with Gasteiger partial charge in [0, 0.05) is 36.5 Å². The molecule has 2 aromatic heterocycles. The van der Waals surface area contributed by atoms with Crippen LogP contribution in [0.15, 0.2) is 18.3 Å².